The molecule has 10 heteroatoms. The Hall–Kier alpha value is -3.56. The fourth-order valence-corrected chi connectivity index (χ4v) is 3.27. The van der Waals surface area contributed by atoms with Gasteiger partial charge in [-0.2, -0.15) is 0 Å². The number of fused-ring (bicyclic) bond motifs is 1. The summed E-state index contributed by atoms with van der Waals surface area (Å²) in [6, 6.07) is 6.64. The summed E-state index contributed by atoms with van der Waals surface area (Å²) in [6.07, 6.45) is 6.50. The SMILES string of the molecule is O=c1c([N+](=O)[O-])c(NC2CCCN(c3ncccn3)C2)nc2ccccn12. The molecule has 1 aliphatic rings. The summed E-state index contributed by atoms with van der Waals surface area (Å²) < 4.78 is 1.17. The molecule has 0 aromatic carbocycles. The van der Waals surface area contributed by atoms with E-state index in [1.54, 1.807) is 36.7 Å². The fourth-order valence-electron chi connectivity index (χ4n) is 3.27. The first-order valence-corrected chi connectivity index (χ1v) is 8.58. The molecule has 4 rings (SSSR count). The van der Waals surface area contributed by atoms with Gasteiger partial charge in [-0.1, -0.05) is 6.07 Å². The molecule has 0 aliphatic carbocycles. The van der Waals surface area contributed by atoms with Gasteiger partial charge in [0.1, 0.15) is 5.65 Å². The van der Waals surface area contributed by atoms with E-state index in [0.717, 1.165) is 19.4 Å². The number of hydrogen-bond donors (Lipinski definition) is 1. The molecule has 0 radical (unpaired) electrons. The van der Waals surface area contributed by atoms with Gasteiger partial charge in [0, 0.05) is 37.7 Å². The van der Waals surface area contributed by atoms with Crippen LogP contribution in [0.1, 0.15) is 12.8 Å². The van der Waals surface area contributed by atoms with Crippen molar-refractivity contribution in [3.05, 3.63) is 63.3 Å². The summed E-state index contributed by atoms with van der Waals surface area (Å²) in [5, 5.41) is 14.6. The minimum atomic E-state index is -0.702. The van der Waals surface area contributed by atoms with Gasteiger partial charge in [0.05, 0.1) is 4.92 Å². The molecule has 27 heavy (non-hydrogen) atoms. The average Bonchev–Trinajstić information content (AvgIpc) is 2.69. The smallest absolute Gasteiger partial charge is 0.360 e. The van der Waals surface area contributed by atoms with Crippen LogP contribution in [0.5, 0.6) is 0 Å². The molecule has 1 saturated heterocycles. The van der Waals surface area contributed by atoms with Gasteiger partial charge in [0.15, 0.2) is 0 Å². The summed E-state index contributed by atoms with van der Waals surface area (Å²) in [7, 11) is 0. The van der Waals surface area contributed by atoms with Gasteiger partial charge >= 0.3 is 11.2 Å². The molecule has 0 amide bonds. The predicted molar refractivity (Wildman–Crippen MR) is 99.0 cm³/mol. The molecule has 1 atom stereocenters. The second-order valence-electron chi connectivity index (χ2n) is 6.28. The zero-order chi connectivity index (χ0) is 18.8. The molecule has 1 unspecified atom stereocenters. The minimum Gasteiger partial charge on any atom is -0.360 e. The Kier molecular flexibility index (Phi) is 4.37. The lowest BCUT2D eigenvalue weighted by molar-refractivity contribution is -0.385. The number of nitrogens with zero attached hydrogens (tertiary/aromatic N) is 6. The van der Waals surface area contributed by atoms with Crippen LogP contribution < -0.4 is 15.8 Å². The van der Waals surface area contributed by atoms with Gasteiger partial charge in [-0.05, 0) is 31.0 Å². The number of hydrogen-bond acceptors (Lipinski definition) is 8. The Morgan fingerprint density at radius 2 is 2.04 bits per heavy atom. The fraction of sp³-hybridized carbons (Fsp3) is 0.294. The molecule has 0 spiro atoms. The normalized spacial score (nSPS) is 17.0. The van der Waals surface area contributed by atoms with Crippen LogP contribution in [-0.2, 0) is 0 Å². The highest BCUT2D eigenvalue weighted by Gasteiger charge is 2.28. The molecular formula is C17H17N7O3. The summed E-state index contributed by atoms with van der Waals surface area (Å²) in [4.78, 5) is 38.2. The first kappa shape index (κ1) is 16.9. The lowest BCUT2D eigenvalue weighted by atomic mass is 10.1. The summed E-state index contributed by atoms with van der Waals surface area (Å²) in [5.41, 5.74) is -0.895. The topological polar surface area (TPSA) is 119 Å². The van der Waals surface area contributed by atoms with Crippen molar-refractivity contribution in [3.8, 4) is 0 Å². The van der Waals surface area contributed by atoms with Crippen molar-refractivity contribution in [1.29, 1.82) is 0 Å². The lowest BCUT2D eigenvalue weighted by Gasteiger charge is -2.33. The Morgan fingerprint density at radius 1 is 1.22 bits per heavy atom. The van der Waals surface area contributed by atoms with Crippen LogP contribution in [0.15, 0.2) is 47.7 Å². The monoisotopic (exact) mass is 367 g/mol. The molecule has 4 heterocycles. The van der Waals surface area contributed by atoms with E-state index in [2.05, 4.69) is 20.3 Å². The average molecular weight is 367 g/mol. The Morgan fingerprint density at radius 3 is 2.81 bits per heavy atom. The van der Waals surface area contributed by atoms with Crippen molar-refractivity contribution in [3.63, 3.8) is 0 Å². The maximum absolute atomic E-state index is 12.5. The van der Waals surface area contributed by atoms with Gasteiger partial charge in [0.25, 0.3) is 0 Å². The Labute approximate surface area is 153 Å². The van der Waals surface area contributed by atoms with Crippen LogP contribution in [-0.4, -0.2) is 43.4 Å². The third kappa shape index (κ3) is 3.28. The minimum absolute atomic E-state index is 0.00275. The van der Waals surface area contributed by atoms with E-state index in [1.165, 1.54) is 10.6 Å². The Balaban J connectivity index is 1.65. The van der Waals surface area contributed by atoms with Crippen molar-refractivity contribution < 1.29 is 4.92 Å². The van der Waals surface area contributed by atoms with Crippen LogP contribution >= 0.6 is 0 Å². The number of pyridine rings is 1. The summed E-state index contributed by atoms with van der Waals surface area (Å²) in [6.45, 7) is 1.37. The lowest BCUT2D eigenvalue weighted by Crippen LogP contribution is -2.43. The van der Waals surface area contributed by atoms with Gasteiger partial charge in [0.2, 0.25) is 11.8 Å². The van der Waals surface area contributed by atoms with Crippen LogP contribution in [0.2, 0.25) is 0 Å². The van der Waals surface area contributed by atoms with Crippen molar-refractivity contribution in [1.82, 2.24) is 19.4 Å². The highest BCUT2D eigenvalue weighted by Crippen LogP contribution is 2.23. The van der Waals surface area contributed by atoms with Gasteiger partial charge in [-0.15, -0.1) is 0 Å². The first-order valence-electron chi connectivity index (χ1n) is 8.58. The molecule has 1 aliphatic heterocycles. The molecule has 3 aromatic heterocycles. The highest BCUT2D eigenvalue weighted by atomic mass is 16.6. The number of rotatable bonds is 4. The molecular weight excluding hydrogens is 350 g/mol. The first-order chi connectivity index (χ1) is 13.1. The second-order valence-corrected chi connectivity index (χ2v) is 6.28. The largest absolute Gasteiger partial charge is 0.376 e. The van der Waals surface area contributed by atoms with Crippen LogP contribution in [0, 0.1) is 10.1 Å². The third-order valence-corrected chi connectivity index (χ3v) is 4.49. The molecule has 0 bridgehead atoms. The van der Waals surface area contributed by atoms with Crippen LogP contribution in [0.3, 0.4) is 0 Å². The zero-order valence-corrected chi connectivity index (χ0v) is 14.4. The number of nitrogens with one attached hydrogen (secondary N) is 1. The predicted octanol–water partition coefficient (Wildman–Crippen LogP) is 1.47. The van der Waals surface area contributed by atoms with Gasteiger partial charge in [-0.3, -0.25) is 19.3 Å². The van der Waals surface area contributed by atoms with Crippen molar-refractivity contribution >= 4 is 23.1 Å². The number of anilines is 2. The van der Waals surface area contributed by atoms with E-state index in [9.17, 15) is 14.9 Å². The molecule has 1 N–H and O–H groups in total. The number of nitro groups is 1. The zero-order valence-electron chi connectivity index (χ0n) is 14.4. The third-order valence-electron chi connectivity index (χ3n) is 4.49. The Bertz CT molecular complexity index is 1040. The molecule has 138 valence electrons. The van der Waals surface area contributed by atoms with E-state index in [4.69, 9.17) is 0 Å². The van der Waals surface area contributed by atoms with E-state index in [0.29, 0.717) is 18.1 Å². The van der Waals surface area contributed by atoms with Crippen LogP contribution in [0.25, 0.3) is 5.65 Å². The van der Waals surface area contributed by atoms with E-state index < -0.39 is 16.2 Å². The van der Waals surface area contributed by atoms with Crippen molar-refractivity contribution in [2.75, 3.05) is 23.3 Å². The maximum Gasteiger partial charge on any atom is 0.376 e. The summed E-state index contributed by atoms with van der Waals surface area (Å²) >= 11 is 0. The quantitative estimate of drug-likeness (QED) is 0.544. The van der Waals surface area contributed by atoms with E-state index in [-0.39, 0.29) is 11.9 Å². The standard InChI is InChI=1S/C17H17N7O3/c25-16-14(24(26)27)15(21-13-6-1-2-10-23(13)16)20-12-5-3-9-22(11-12)17-18-7-4-8-19-17/h1-2,4,6-8,10,12,20H,3,5,9,11H2. The van der Waals surface area contributed by atoms with Gasteiger partial charge < -0.3 is 10.2 Å². The second kappa shape index (κ2) is 6.98. The number of piperidine rings is 1. The van der Waals surface area contributed by atoms with Crippen molar-refractivity contribution in [2.24, 2.45) is 0 Å². The molecule has 3 aromatic rings. The molecule has 10 nitrogen and oxygen atoms in total. The highest BCUT2D eigenvalue weighted by molar-refractivity contribution is 5.60. The van der Waals surface area contributed by atoms with E-state index >= 15 is 0 Å². The van der Waals surface area contributed by atoms with E-state index in [1.807, 2.05) is 4.90 Å². The number of aromatic nitrogens is 4. The molecule has 1 fully saturated rings. The maximum atomic E-state index is 12.5. The summed E-state index contributed by atoms with van der Waals surface area (Å²) in [5.74, 6) is 0.613. The van der Waals surface area contributed by atoms with Crippen LogP contribution in [0.4, 0.5) is 17.5 Å². The van der Waals surface area contributed by atoms with Crippen molar-refractivity contribution in [2.45, 2.75) is 18.9 Å². The van der Waals surface area contributed by atoms with Gasteiger partial charge in [-0.25, -0.2) is 15.0 Å². The molecule has 0 saturated carbocycles.